The van der Waals surface area contributed by atoms with Crippen LogP contribution in [-0.4, -0.2) is 44.3 Å². The number of pyridine rings is 1. The number of amides is 2. The second-order valence-electron chi connectivity index (χ2n) is 7.62. The quantitative estimate of drug-likeness (QED) is 0.699. The summed E-state index contributed by atoms with van der Waals surface area (Å²) in [6.45, 7) is 1.63. The first kappa shape index (κ1) is 18.7. The first-order chi connectivity index (χ1) is 14.6. The normalized spacial score (nSPS) is 19.8. The van der Waals surface area contributed by atoms with Gasteiger partial charge in [0.1, 0.15) is 11.4 Å². The van der Waals surface area contributed by atoms with Gasteiger partial charge in [0.05, 0.1) is 11.1 Å². The molecule has 1 N–H and O–H groups in total. The summed E-state index contributed by atoms with van der Waals surface area (Å²) in [5, 5.41) is 4.56. The predicted molar refractivity (Wildman–Crippen MR) is 112 cm³/mol. The number of likely N-dealkylation sites (tertiary alicyclic amines) is 1. The molecule has 2 unspecified atom stereocenters. The number of hydrogen-bond acceptors (Lipinski definition) is 6. The molecule has 0 radical (unpaired) electrons. The molecule has 1 saturated heterocycles. The number of aromatic nitrogens is 3. The lowest BCUT2D eigenvalue weighted by Gasteiger charge is -2.42. The molecule has 2 amide bonds. The van der Waals surface area contributed by atoms with E-state index in [0.717, 1.165) is 12.1 Å². The zero-order valence-electron chi connectivity index (χ0n) is 16.0. The van der Waals surface area contributed by atoms with Crippen LogP contribution in [0.5, 0.6) is 0 Å². The van der Waals surface area contributed by atoms with E-state index >= 15 is 0 Å². The summed E-state index contributed by atoms with van der Waals surface area (Å²) in [6.07, 6.45) is 5.47. The number of carbonyl (C=O) groups excluding carboxylic acids is 2. The van der Waals surface area contributed by atoms with Gasteiger partial charge in [0.25, 0.3) is 17.4 Å². The van der Waals surface area contributed by atoms with Gasteiger partial charge in [-0.05, 0) is 35.9 Å². The maximum absolute atomic E-state index is 13.0. The molecule has 3 aromatic rings. The minimum Gasteiger partial charge on any atom is -0.336 e. The summed E-state index contributed by atoms with van der Waals surface area (Å²) in [5.74, 6) is -0.154. The number of rotatable bonds is 3. The van der Waals surface area contributed by atoms with Crippen molar-refractivity contribution in [3.05, 3.63) is 74.9 Å². The number of hydrogen-bond donors (Lipinski definition) is 1. The van der Waals surface area contributed by atoms with Gasteiger partial charge in [-0.2, -0.15) is 0 Å². The Hall–Kier alpha value is -3.33. The molecule has 152 valence electrons. The summed E-state index contributed by atoms with van der Waals surface area (Å²) < 4.78 is 1.76. The Balaban J connectivity index is 1.39. The van der Waals surface area contributed by atoms with Crippen molar-refractivity contribution in [1.29, 1.82) is 0 Å². The molecule has 1 fully saturated rings. The molecule has 2 bridgehead atoms. The number of fused-ring (bicyclic) bond motifs is 4. The van der Waals surface area contributed by atoms with E-state index in [-0.39, 0.29) is 34.9 Å². The van der Waals surface area contributed by atoms with Crippen molar-refractivity contribution in [2.75, 3.05) is 18.4 Å². The van der Waals surface area contributed by atoms with Gasteiger partial charge in [0, 0.05) is 43.6 Å². The van der Waals surface area contributed by atoms with Crippen LogP contribution in [0.25, 0.3) is 0 Å². The molecule has 2 aliphatic rings. The molecule has 0 saturated carbocycles. The minimum atomic E-state index is -0.278. The fourth-order valence-corrected chi connectivity index (χ4v) is 4.99. The van der Waals surface area contributed by atoms with Crippen LogP contribution in [0, 0.1) is 5.92 Å². The molecule has 5 heterocycles. The highest BCUT2D eigenvalue weighted by Gasteiger charge is 2.37. The molecule has 2 atom stereocenters. The van der Waals surface area contributed by atoms with Crippen LogP contribution >= 0.6 is 11.3 Å². The second kappa shape index (κ2) is 7.49. The van der Waals surface area contributed by atoms with E-state index in [9.17, 15) is 14.4 Å². The molecule has 0 spiro atoms. The third-order valence-corrected chi connectivity index (χ3v) is 6.54. The van der Waals surface area contributed by atoms with E-state index in [1.165, 1.54) is 23.7 Å². The second-order valence-corrected chi connectivity index (χ2v) is 8.57. The molecule has 0 aromatic carbocycles. The van der Waals surface area contributed by atoms with Gasteiger partial charge in [-0.25, -0.2) is 4.98 Å². The minimum absolute atomic E-state index is 0.0767. The highest BCUT2D eigenvalue weighted by Crippen LogP contribution is 2.35. The summed E-state index contributed by atoms with van der Waals surface area (Å²) in [7, 11) is 0. The van der Waals surface area contributed by atoms with E-state index in [0.29, 0.717) is 30.2 Å². The summed E-state index contributed by atoms with van der Waals surface area (Å²) in [4.78, 5) is 48.7. The van der Waals surface area contributed by atoms with E-state index in [1.54, 1.807) is 29.0 Å². The molecular formula is C21H19N5O3S. The van der Waals surface area contributed by atoms with Crippen LogP contribution < -0.4 is 10.9 Å². The molecular weight excluding hydrogens is 402 g/mol. The summed E-state index contributed by atoms with van der Waals surface area (Å²) in [5.41, 5.74) is 1.33. The van der Waals surface area contributed by atoms with Gasteiger partial charge >= 0.3 is 0 Å². The van der Waals surface area contributed by atoms with Gasteiger partial charge in [-0.1, -0.05) is 6.07 Å². The summed E-state index contributed by atoms with van der Waals surface area (Å²) >= 11 is 1.33. The van der Waals surface area contributed by atoms with Crippen LogP contribution in [-0.2, 0) is 6.54 Å². The van der Waals surface area contributed by atoms with Crippen LogP contribution in [0.3, 0.4) is 0 Å². The van der Waals surface area contributed by atoms with Gasteiger partial charge in [0.15, 0.2) is 0 Å². The first-order valence-electron chi connectivity index (χ1n) is 9.74. The highest BCUT2D eigenvalue weighted by atomic mass is 32.1. The van der Waals surface area contributed by atoms with E-state index in [4.69, 9.17) is 0 Å². The van der Waals surface area contributed by atoms with Crippen molar-refractivity contribution in [2.45, 2.75) is 18.9 Å². The Labute approximate surface area is 176 Å². The van der Waals surface area contributed by atoms with Crippen molar-refractivity contribution in [1.82, 2.24) is 19.4 Å². The molecule has 2 aliphatic heterocycles. The van der Waals surface area contributed by atoms with E-state index < -0.39 is 0 Å². The zero-order chi connectivity index (χ0) is 20.7. The van der Waals surface area contributed by atoms with Crippen LogP contribution in [0.2, 0.25) is 0 Å². The highest BCUT2D eigenvalue weighted by molar-refractivity contribution is 7.12. The zero-order valence-corrected chi connectivity index (χ0v) is 16.8. The predicted octanol–water partition coefficient (Wildman–Crippen LogP) is 2.21. The van der Waals surface area contributed by atoms with Gasteiger partial charge in [0.2, 0.25) is 0 Å². The Kier molecular flexibility index (Phi) is 4.66. The Bertz CT molecular complexity index is 1160. The Morgan fingerprint density at radius 2 is 2.03 bits per heavy atom. The number of thiophene rings is 1. The Morgan fingerprint density at radius 1 is 1.13 bits per heavy atom. The van der Waals surface area contributed by atoms with Crippen LogP contribution in [0.4, 0.5) is 5.69 Å². The van der Waals surface area contributed by atoms with Crippen molar-refractivity contribution in [3.8, 4) is 0 Å². The molecule has 30 heavy (non-hydrogen) atoms. The topological polar surface area (TPSA) is 97.2 Å². The lowest BCUT2D eigenvalue weighted by Crippen LogP contribution is -2.49. The summed E-state index contributed by atoms with van der Waals surface area (Å²) in [6, 6.07) is 7.09. The lowest BCUT2D eigenvalue weighted by atomic mass is 9.83. The van der Waals surface area contributed by atoms with Gasteiger partial charge in [-0.15, -0.1) is 11.3 Å². The monoisotopic (exact) mass is 421 g/mol. The Morgan fingerprint density at radius 3 is 2.80 bits per heavy atom. The van der Waals surface area contributed by atoms with Crippen LogP contribution in [0.1, 0.15) is 38.2 Å². The largest absolute Gasteiger partial charge is 0.336 e. The average Bonchev–Trinajstić information content (AvgIpc) is 3.31. The molecule has 9 heteroatoms. The smallest absolute Gasteiger partial charge is 0.274 e. The molecule has 8 nitrogen and oxygen atoms in total. The molecule has 5 rings (SSSR count). The van der Waals surface area contributed by atoms with Gasteiger partial charge < -0.3 is 14.8 Å². The van der Waals surface area contributed by atoms with Gasteiger partial charge in [-0.3, -0.25) is 19.4 Å². The lowest BCUT2D eigenvalue weighted by molar-refractivity contribution is 0.0588. The SMILES string of the molecule is O=C(Nc1ccc2n(c1=O)CC1CC2CN(C(=O)c2cnccn2)C1)c1cccs1. The van der Waals surface area contributed by atoms with Crippen molar-refractivity contribution in [2.24, 2.45) is 5.92 Å². The number of piperidine rings is 1. The third-order valence-electron chi connectivity index (χ3n) is 5.67. The van der Waals surface area contributed by atoms with E-state index in [2.05, 4.69) is 15.3 Å². The number of nitrogens with zero attached hydrogens (tertiary/aromatic N) is 4. The van der Waals surface area contributed by atoms with Crippen molar-refractivity contribution >= 4 is 28.8 Å². The van der Waals surface area contributed by atoms with E-state index in [1.807, 2.05) is 16.3 Å². The maximum atomic E-state index is 13.0. The first-order valence-corrected chi connectivity index (χ1v) is 10.6. The van der Waals surface area contributed by atoms with Crippen molar-refractivity contribution in [3.63, 3.8) is 0 Å². The third kappa shape index (κ3) is 3.30. The average molecular weight is 421 g/mol. The number of nitrogens with one attached hydrogen (secondary N) is 1. The number of carbonyl (C=O) groups is 2. The van der Waals surface area contributed by atoms with Crippen molar-refractivity contribution < 1.29 is 9.59 Å². The molecule has 0 aliphatic carbocycles. The fraction of sp³-hybridized carbons (Fsp3) is 0.286. The standard InChI is InChI=1S/C21H19N5O3S/c27-19(18-2-1-7-30-18)24-15-3-4-17-14-8-13(11-26(17)21(15)29)10-25(12-14)20(28)16-9-22-5-6-23-16/h1-7,9,13-14H,8,10-12H2,(H,24,27). The molecule has 3 aromatic heterocycles. The fourth-order valence-electron chi connectivity index (χ4n) is 4.37. The van der Waals surface area contributed by atoms with Crippen LogP contribution in [0.15, 0.2) is 53.0 Å². The maximum Gasteiger partial charge on any atom is 0.274 e. The number of anilines is 1.